The quantitative estimate of drug-likeness (QED) is 0.447. The van der Waals surface area contributed by atoms with Crippen molar-refractivity contribution in [2.75, 3.05) is 6.61 Å². The Labute approximate surface area is 96.7 Å². The molecule has 0 bridgehead atoms. The number of nitrogens with one attached hydrogen (secondary N) is 2. The van der Waals surface area contributed by atoms with E-state index >= 15 is 0 Å². The minimum Gasteiger partial charge on any atom is -0.456 e. The summed E-state index contributed by atoms with van der Waals surface area (Å²) < 4.78 is 4.32. The average molecular weight is 244 g/mol. The van der Waals surface area contributed by atoms with Crippen LogP contribution in [-0.2, 0) is 28.7 Å². The van der Waals surface area contributed by atoms with Crippen LogP contribution < -0.4 is 10.6 Å². The van der Waals surface area contributed by atoms with Crippen LogP contribution in [0.15, 0.2) is 0 Å². The average Bonchev–Trinajstić information content (AvgIpc) is 2.12. The SMILES string of the molecule is CC(=O)NC(=O)CC(=O)NC(=O)COC(C)=O. The summed E-state index contributed by atoms with van der Waals surface area (Å²) in [7, 11) is 0. The van der Waals surface area contributed by atoms with Crippen molar-refractivity contribution in [3.8, 4) is 0 Å². The topological polar surface area (TPSA) is 119 Å². The van der Waals surface area contributed by atoms with Crippen LogP contribution in [0.1, 0.15) is 20.3 Å². The molecular weight excluding hydrogens is 232 g/mol. The lowest BCUT2D eigenvalue weighted by Gasteiger charge is -2.03. The Bertz CT molecular complexity index is 362. The van der Waals surface area contributed by atoms with E-state index in [0.29, 0.717) is 0 Å². The highest BCUT2D eigenvalue weighted by molar-refractivity contribution is 6.07. The third kappa shape index (κ3) is 8.73. The number of amides is 4. The van der Waals surface area contributed by atoms with Gasteiger partial charge in [0, 0.05) is 13.8 Å². The zero-order chi connectivity index (χ0) is 13.4. The van der Waals surface area contributed by atoms with E-state index < -0.39 is 42.6 Å². The lowest BCUT2D eigenvalue weighted by molar-refractivity contribution is -0.148. The zero-order valence-corrected chi connectivity index (χ0v) is 9.36. The van der Waals surface area contributed by atoms with E-state index in [2.05, 4.69) is 4.74 Å². The van der Waals surface area contributed by atoms with Crippen molar-refractivity contribution in [3.63, 3.8) is 0 Å². The summed E-state index contributed by atoms with van der Waals surface area (Å²) in [5.74, 6) is -3.83. The third-order valence-corrected chi connectivity index (χ3v) is 1.32. The van der Waals surface area contributed by atoms with Crippen LogP contribution in [0.4, 0.5) is 0 Å². The Kier molecular flexibility index (Phi) is 6.16. The summed E-state index contributed by atoms with van der Waals surface area (Å²) in [6, 6.07) is 0. The zero-order valence-electron chi connectivity index (χ0n) is 9.36. The normalized spacial score (nSPS) is 9.06. The second kappa shape index (κ2) is 7.09. The molecule has 94 valence electrons. The maximum atomic E-state index is 11.0. The predicted octanol–water partition coefficient (Wildman–Crippen LogP) is -1.75. The Morgan fingerprint density at radius 1 is 0.882 bits per heavy atom. The van der Waals surface area contributed by atoms with Crippen LogP contribution in [0.2, 0.25) is 0 Å². The van der Waals surface area contributed by atoms with Crippen LogP contribution in [0.3, 0.4) is 0 Å². The highest BCUT2D eigenvalue weighted by Gasteiger charge is 2.13. The number of hydrogen-bond donors (Lipinski definition) is 2. The molecule has 0 heterocycles. The minimum atomic E-state index is -0.888. The summed E-state index contributed by atoms with van der Waals surface area (Å²) in [6.45, 7) is 1.62. The number of carbonyl (C=O) groups excluding carboxylic acids is 5. The minimum absolute atomic E-state index is 0.602. The van der Waals surface area contributed by atoms with E-state index in [0.717, 1.165) is 13.8 Å². The maximum Gasteiger partial charge on any atom is 0.303 e. The van der Waals surface area contributed by atoms with Crippen molar-refractivity contribution in [2.45, 2.75) is 20.3 Å². The summed E-state index contributed by atoms with van der Waals surface area (Å²) in [4.78, 5) is 53.7. The maximum absolute atomic E-state index is 11.0. The molecule has 0 fully saturated rings. The molecule has 0 aromatic carbocycles. The van der Waals surface area contributed by atoms with Gasteiger partial charge in [0.15, 0.2) is 6.61 Å². The first-order chi connectivity index (χ1) is 7.81. The third-order valence-electron chi connectivity index (χ3n) is 1.32. The van der Waals surface area contributed by atoms with Crippen molar-refractivity contribution < 1.29 is 28.7 Å². The Morgan fingerprint density at radius 3 is 1.88 bits per heavy atom. The fraction of sp³-hybridized carbons (Fsp3) is 0.444. The van der Waals surface area contributed by atoms with Crippen molar-refractivity contribution in [2.24, 2.45) is 0 Å². The lowest BCUT2D eigenvalue weighted by Crippen LogP contribution is -2.38. The molecule has 0 aliphatic rings. The molecule has 8 heteroatoms. The molecule has 0 atom stereocenters. The monoisotopic (exact) mass is 244 g/mol. The van der Waals surface area contributed by atoms with Gasteiger partial charge in [0.2, 0.25) is 17.7 Å². The molecule has 0 saturated heterocycles. The Balaban J connectivity index is 3.93. The van der Waals surface area contributed by atoms with Crippen LogP contribution >= 0.6 is 0 Å². The van der Waals surface area contributed by atoms with Gasteiger partial charge >= 0.3 is 5.97 Å². The smallest absolute Gasteiger partial charge is 0.303 e. The van der Waals surface area contributed by atoms with E-state index in [4.69, 9.17) is 0 Å². The van der Waals surface area contributed by atoms with Gasteiger partial charge in [0.25, 0.3) is 5.91 Å². The van der Waals surface area contributed by atoms with Crippen molar-refractivity contribution in [1.82, 2.24) is 10.6 Å². The number of carbonyl (C=O) groups is 5. The Morgan fingerprint density at radius 2 is 1.41 bits per heavy atom. The van der Waals surface area contributed by atoms with Crippen molar-refractivity contribution in [1.29, 1.82) is 0 Å². The van der Waals surface area contributed by atoms with E-state index in [1.54, 1.807) is 0 Å². The molecule has 0 unspecified atom stereocenters. The highest BCUT2D eigenvalue weighted by atomic mass is 16.5. The second-order valence-corrected chi connectivity index (χ2v) is 3.03. The summed E-state index contributed by atoms with van der Waals surface area (Å²) in [6.07, 6.45) is -0.661. The number of esters is 1. The number of rotatable bonds is 4. The number of hydrogen-bond acceptors (Lipinski definition) is 6. The molecule has 0 aliphatic carbocycles. The molecule has 4 amide bonds. The van der Waals surface area contributed by atoms with Gasteiger partial charge in [-0.2, -0.15) is 0 Å². The number of ether oxygens (including phenoxy) is 1. The van der Waals surface area contributed by atoms with E-state index in [-0.39, 0.29) is 0 Å². The molecule has 0 rings (SSSR count). The van der Waals surface area contributed by atoms with Crippen LogP contribution in [0.25, 0.3) is 0 Å². The van der Waals surface area contributed by atoms with Crippen LogP contribution in [-0.4, -0.2) is 36.2 Å². The molecule has 0 radical (unpaired) electrons. The molecule has 8 nitrogen and oxygen atoms in total. The first-order valence-electron chi connectivity index (χ1n) is 4.57. The molecule has 17 heavy (non-hydrogen) atoms. The van der Waals surface area contributed by atoms with Gasteiger partial charge < -0.3 is 4.74 Å². The van der Waals surface area contributed by atoms with Gasteiger partial charge in [-0.3, -0.25) is 34.6 Å². The fourth-order valence-corrected chi connectivity index (χ4v) is 0.789. The van der Waals surface area contributed by atoms with Gasteiger partial charge in [0.05, 0.1) is 0 Å². The van der Waals surface area contributed by atoms with E-state index in [9.17, 15) is 24.0 Å². The first kappa shape index (κ1) is 14.8. The van der Waals surface area contributed by atoms with Crippen LogP contribution in [0.5, 0.6) is 0 Å². The van der Waals surface area contributed by atoms with Gasteiger partial charge in [0.1, 0.15) is 6.42 Å². The number of imide groups is 2. The van der Waals surface area contributed by atoms with Gasteiger partial charge in [-0.05, 0) is 0 Å². The summed E-state index contributed by atoms with van der Waals surface area (Å²) in [5.41, 5.74) is 0. The second-order valence-electron chi connectivity index (χ2n) is 3.03. The molecule has 2 N–H and O–H groups in total. The molecule has 0 aromatic rings. The largest absolute Gasteiger partial charge is 0.456 e. The van der Waals surface area contributed by atoms with E-state index in [1.165, 1.54) is 0 Å². The summed E-state index contributed by atoms with van der Waals surface area (Å²) in [5, 5.41) is 3.67. The van der Waals surface area contributed by atoms with Crippen LogP contribution in [0, 0.1) is 0 Å². The Hall–Kier alpha value is -2.25. The predicted molar refractivity (Wildman–Crippen MR) is 53.2 cm³/mol. The molecular formula is C9H12N2O6. The molecule has 0 saturated carbocycles. The van der Waals surface area contributed by atoms with Crippen molar-refractivity contribution in [3.05, 3.63) is 0 Å². The highest BCUT2D eigenvalue weighted by Crippen LogP contribution is 1.82. The standard InChI is InChI=1S/C9H12N2O6/c1-5(12)10-7(14)3-8(15)11-9(16)4-17-6(2)13/h3-4H2,1-2H3,(H,10,12,14)(H,11,15,16). The van der Waals surface area contributed by atoms with Crippen molar-refractivity contribution >= 4 is 29.6 Å². The van der Waals surface area contributed by atoms with Gasteiger partial charge in [-0.15, -0.1) is 0 Å². The van der Waals surface area contributed by atoms with Gasteiger partial charge in [-0.25, -0.2) is 0 Å². The molecule has 0 spiro atoms. The summed E-state index contributed by atoms with van der Waals surface area (Å²) >= 11 is 0. The molecule has 0 aliphatic heterocycles. The lowest BCUT2D eigenvalue weighted by atomic mass is 10.3. The van der Waals surface area contributed by atoms with E-state index in [1.807, 2.05) is 10.6 Å². The first-order valence-corrected chi connectivity index (χ1v) is 4.57. The fourth-order valence-electron chi connectivity index (χ4n) is 0.789. The molecule has 0 aromatic heterocycles. The van der Waals surface area contributed by atoms with Gasteiger partial charge in [-0.1, -0.05) is 0 Å².